The highest BCUT2D eigenvalue weighted by molar-refractivity contribution is 7.44. The second kappa shape index (κ2) is 11.4. The third-order valence-corrected chi connectivity index (χ3v) is 3.56. The summed E-state index contributed by atoms with van der Waals surface area (Å²) < 4.78 is 24.9. The number of ether oxygens (including phenoxy) is 2. The number of carbonyl (C=O) groups is 4. The molecule has 4 N–H and O–H groups in total. The Morgan fingerprint density at radius 3 is 1.90 bits per heavy atom. The van der Waals surface area contributed by atoms with E-state index in [-0.39, 0.29) is 6.42 Å². The van der Waals surface area contributed by atoms with Crippen molar-refractivity contribution in [3.63, 3.8) is 0 Å². The van der Waals surface area contributed by atoms with Crippen molar-refractivity contribution >= 4 is 31.8 Å². The molecule has 1 unspecified atom stereocenters. The average Bonchev–Trinajstić information content (AvgIpc) is 2.50. The Kier molecular flexibility index (Phi) is 10.6. The molecule has 0 aliphatic rings. The van der Waals surface area contributed by atoms with Crippen LogP contribution in [0.4, 0.5) is 4.79 Å². The highest BCUT2D eigenvalue weighted by atomic mass is 31.2. The van der Waals surface area contributed by atoms with E-state index in [0.717, 1.165) is 0 Å². The number of rotatable bonds is 10. The fraction of sp³-hybridized carbons (Fsp3) is 0.765. The number of carboxylic acids is 1. The highest BCUT2D eigenvalue weighted by Gasteiger charge is 2.30. The molecule has 13 nitrogen and oxygen atoms in total. The summed E-state index contributed by atoms with van der Waals surface area (Å²) in [7, 11) is -5.19. The molecule has 180 valence electrons. The Balaban J connectivity index is 5.10. The highest BCUT2D eigenvalue weighted by Crippen LogP contribution is 2.30. The van der Waals surface area contributed by atoms with E-state index in [4.69, 9.17) is 19.5 Å². The molecule has 0 aromatic carbocycles. The molecule has 0 rings (SSSR count). The zero-order valence-electron chi connectivity index (χ0n) is 18.3. The first-order valence-corrected chi connectivity index (χ1v) is 10.7. The van der Waals surface area contributed by atoms with Gasteiger partial charge in [0.05, 0.1) is 6.61 Å². The zero-order chi connectivity index (χ0) is 24.6. The Hall–Kier alpha value is -2.21. The van der Waals surface area contributed by atoms with Crippen LogP contribution in [0.5, 0.6) is 0 Å². The molecule has 0 saturated carbocycles. The fourth-order valence-electron chi connectivity index (χ4n) is 1.96. The molecule has 14 heteroatoms. The molecule has 3 atom stereocenters. The van der Waals surface area contributed by atoms with E-state index in [1.165, 1.54) is 0 Å². The van der Waals surface area contributed by atoms with Gasteiger partial charge >= 0.3 is 18.0 Å². The van der Waals surface area contributed by atoms with E-state index in [9.17, 15) is 28.6 Å². The first kappa shape index (κ1) is 28.8. The monoisotopic (exact) mass is 469 g/mol. The molecule has 0 radical (unpaired) electrons. The zero-order valence-corrected chi connectivity index (χ0v) is 19.2. The number of esters is 1. The molecular formula is C17H30N2O11P-. The van der Waals surface area contributed by atoms with Gasteiger partial charge in [-0.05, 0) is 48.0 Å². The van der Waals surface area contributed by atoms with Crippen LogP contribution in [0.15, 0.2) is 0 Å². The first-order valence-electron chi connectivity index (χ1n) is 9.22. The second-order valence-electron chi connectivity index (χ2n) is 8.49. The number of hydrogen-bond donors (Lipinski definition) is 4. The minimum Gasteiger partial charge on any atom is -0.756 e. The van der Waals surface area contributed by atoms with Crippen LogP contribution in [0.1, 0.15) is 54.4 Å². The van der Waals surface area contributed by atoms with Crippen LogP contribution in [0, 0.1) is 0 Å². The predicted molar refractivity (Wildman–Crippen MR) is 104 cm³/mol. The van der Waals surface area contributed by atoms with Gasteiger partial charge in [0.25, 0.3) is 7.82 Å². The van der Waals surface area contributed by atoms with Crippen LogP contribution in [0.2, 0.25) is 0 Å². The number of phosphoric acid groups is 1. The third-order valence-electron chi connectivity index (χ3n) is 3.08. The molecule has 0 aliphatic carbocycles. The topological polar surface area (TPSA) is 201 Å². The van der Waals surface area contributed by atoms with E-state index >= 15 is 0 Å². The average molecular weight is 469 g/mol. The molecule has 31 heavy (non-hydrogen) atoms. The quantitative estimate of drug-likeness (QED) is 0.249. The molecule has 0 bridgehead atoms. The molecule has 0 aromatic rings. The van der Waals surface area contributed by atoms with Crippen LogP contribution < -0.4 is 15.5 Å². The normalized spacial score (nSPS) is 15.7. The summed E-state index contributed by atoms with van der Waals surface area (Å²) in [5.74, 6) is -3.33. The number of nitrogens with one attached hydrogen (secondary N) is 2. The molecule has 0 fully saturated rings. The minimum absolute atomic E-state index is 0.271. The minimum atomic E-state index is -5.19. The summed E-state index contributed by atoms with van der Waals surface area (Å²) in [6, 6.07) is -3.06. The molecular weight excluding hydrogens is 439 g/mol. The van der Waals surface area contributed by atoms with E-state index in [1.54, 1.807) is 41.5 Å². The number of phosphoric ester groups is 1. The van der Waals surface area contributed by atoms with E-state index in [2.05, 4.69) is 9.84 Å². The van der Waals surface area contributed by atoms with Gasteiger partial charge in [0.15, 0.2) is 6.04 Å². The Bertz CT molecular complexity index is 706. The lowest BCUT2D eigenvalue weighted by Gasteiger charge is -2.26. The molecule has 2 amide bonds. The second-order valence-corrected chi connectivity index (χ2v) is 9.69. The van der Waals surface area contributed by atoms with E-state index in [1.807, 2.05) is 5.32 Å². The largest absolute Gasteiger partial charge is 0.756 e. The number of alkyl carbamates (subject to hydrolysis) is 1. The first-order chi connectivity index (χ1) is 13.8. The van der Waals surface area contributed by atoms with Gasteiger partial charge in [-0.3, -0.25) is 9.36 Å². The van der Waals surface area contributed by atoms with Gasteiger partial charge in [0.2, 0.25) is 5.91 Å². The van der Waals surface area contributed by atoms with Gasteiger partial charge in [0, 0.05) is 6.42 Å². The van der Waals surface area contributed by atoms with Gasteiger partial charge < -0.3 is 39.5 Å². The van der Waals surface area contributed by atoms with Crippen molar-refractivity contribution in [3.05, 3.63) is 0 Å². The van der Waals surface area contributed by atoms with Crippen LogP contribution in [0.3, 0.4) is 0 Å². The maximum atomic E-state index is 12.4. The van der Waals surface area contributed by atoms with Crippen molar-refractivity contribution in [2.45, 2.75) is 77.7 Å². The molecule has 0 spiro atoms. The summed E-state index contributed by atoms with van der Waals surface area (Å²) in [6.07, 6.45) is -1.63. The lowest BCUT2D eigenvalue weighted by molar-refractivity contribution is -0.220. The van der Waals surface area contributed by atoms with Crippen LogP contribution in [-0.4, -0.2) is 63.8 Å². The number of aliphatic carboxylic acids is 1. The summed E-state index contributed by atoms with van der Waals surface area (Å²) in [4.78, 5) is 66.7. The van der Waals surface area contributed by atoms with Crippen LogP contribution in [0.25, 0.3) is 0 Å². The molecule has 0 aliphatic heterocycles. The van der Waals surface area contributed by atoms with Crippen molar-refractivity contribution in [3.8, 4) is 0 Å². The molecule has 0 heterocycles. The SMILES string of the molecule is CC(C)(C)OC(=O)N[C@@H](CCC(=O)N[C@@H](COP(=O)([O-])O)C(=O)O)C(=O)OC(C)(C)C. The van der Waals surface area contributed by atoms with Gasteiger partial charge in [-0.15, -0.1) is 0 Å². The summed E-state index contributed by atoms with van der Waals surface area (Å²) >= 11 is 0. The summed E-state index contributed by atoms with van der Waals surface area (Å²) in [6.45, 7) is 8.63. The summed E-state index contributed by atoms with van der Waals surface area (Å²) in [5, 5.41) is 13.3. The van der Waals surface area contributed by atoms with Crippen LogP contribution >= 0.6 is 7.82 Å². The van der Waals surface area contributed by atoms with Crippen molar-refractivity contribution in [1.82, 2.24) is 10.6 Å². The third kappa shape index (κ3) is 15.3. The fourth-order valence-corrected chi connectivity index (χ4v) is 2.29. The van der Waals surface area contributed by atoms with Crippen molar-refractivity contribution in [1.29, 1.82) is 0 Å². The van der Waals surface area contributed by atoms with Crippen molar-refractivity contribution in [2.75, 3.05) is 6.61 Å². The lowest BCUT2D eigenvalue weighted by atomic mass is 10.1. The van der Waals surface area contributed by atoms with Gasteiger partial charge in [0.1, 0.15) is 17.2 Å². The lowest BCUT2D eigenvalue weighted by Crippen LogP contribution is -2.47. The van der Waals surface area contributed by atoms with E-state index in [0.29, 0.717) is 0 Å². The number of amides is 2. The Labute approximate surface area is 180 Å². The van der Waals surface area contributed by atoms with Gasteiger partial charge in [-0.25, -0.2) is 14.4 Å². The standard InChI is InChI=1S/C17H31N2O11P/c1-16(2,3)29-14(23)10(19-15(24)30-17(4,5)6)7-8-12(20)18-11(13(21)22)9-28-31(25,26)27/h10-11H,7-9H2,1-6H3,(H,18,20)(H,19,24)(H,21,22)(H2,25,26,27)/p-1/t10-,11-/m0/s1. The van der Waals surface area contributed by atoms with Gasteiger partial charge in [-0.1, -0.05) is 0 Å². The Morgan fingerprint density at radius 2 is 1.48 bits per heavy atom. The van der Waals surface area contributed by atoms with E-state index < -0.39 is 68.1 Å². The predicted octanol–water partition coefficient (Wildman–Crippen LogP) is 0.0483. The van der Waals surface area contributed by atoms with Crippen LogP contribution in [-0.2, 0) is 32.9 Å². The maximum absolute atomic E-state index is 12.4. The number of carboxylic acid groups (broad SMARTS) is 1. The molecule has 0 aromatic heterocycles. The van der Waals surface area contributed by atoms with Crippen molar-refractivity contribution < 1.29 is 52.6 Å². The maximum Gasteiger partial charge on any atom is 0.408 e. The number of hydrogen-bond acceptors (Lipinski definition) is 9. The molecule has 0 saturated heterocycles. The summed E-state index contributed by atoms with van der Waals surface area (Å²) in [5.41, 5.74) is -1.72. The smallest absolute Gasteiger partial charge is 0.408 e. The van der Waals surface area contributed by atoms with Crippen molar-refractivity contribution in [2.24, 2.45) is 0 Å². The van der Waals surface area contributed by atoms with Gasteiger partial charge in [-0.2, -0.15) is 0 Å². The Morgan fingerprint density at radius 1 is 0.968 bits per heavy atom. The number of carbonyl (C=O) groups excluding carboxylic acids is 3.